The molecule has 0 fully saturated rings. The molecule has 27 heavy (non-hydrogen) atoms. The van der Waals surface area contributed by atoms with E-state index >= 15 is 0 Å². The molecule has 5 heteroatoms. The lowest BCUT2D eigenvalue weighted by atomic mass is 9.96. The number of benzene rings is 1. The van der Waals surface area contributed by atoms with E-state index in [4.69, 9.17) is 4.74 Å². The van der Waals surface area contributed by atoms with Gasteiger partial charge >= 0.3 is 0 Å². The van der Waals surface area contributed by atoms with E-state index in [1.54, 1.807) is 11.3 Å². The molecule has 1 aromatic heterocycles. The van der Waals surface area contributed by atoms with Crippen LogP contribution in [0.15, 0.2) is 23.2 Å². The zero-order valence-electron chi connectivity index (χ0n) is 16.4. The molecule has 1 heterocycles. The van der Waals surface area contributed by atoms with Crippen molar-refractivity contribution in [2.75, 3.05) is 24.6 Å². The maximum Gasteiger partial charge on any atom is 0.134 e. The molecule has 3 rings (SSSR count). The van der Waals surface area contributed by atoms with Gasteiger partial charge in [0.15, 0.2) is 0 Å². The number of rotatable bonds is 7. The Morgan fingerprint density at radius 2 is 2.00 bits per heavy atom. The van der Waals surface area contributed by atoms with Crippen molar-refractivity contribution in [1.82, 2.24) is 0 Å². The van der Waals surface area contributed by atoms with Crippen molar-refractivity contribution in [1.29, 1.82) is 5.26 Å². The SMILES string of the molecule is CCOc1cc(N(CC)CC)ccc1/C=N/c1sc2c(c1C#N)CCCC2. The second-order valence-corrected chi connectivity index (χ2v) is 7.67. The third kappa shape index (κ3) is 4.17. The van der Waals surface area contributed by atoms with Crippen molar-refractivity contribution >= 4 is 28.2 Å². The van der Waals surface area contributed by atoms with Gasteiger partial charge in [-0.15, -0.1) is 11.3 Å². The Kier molecular flexibility index (Phi) is 6.52. The van der Waals surface area contributed by atoms with Crippen molar-refractivity contribution in [2.24, 2.45) is 4.99 Å². The first kappa shape index (κ1) is 19.4. The van der Waals surface area contributed by atoms with Crippen LogP contribution in [0.2, 0.25) is 0 Å². The zero-order valence-corrected chi connectivity index (χ0v) is 17.2. The van der Waals surface area contributed by atoms with Gasteiger partial charge in [0.1, 0.15) is 16.8 Å². The van der Waals surface area contributed by atoms with Crippen LogP contribution in [0.5, 0.6) is 5.75 Å². The lowest BCUT2D eigenvalue weighted by Crippen LogP contribution is -2.21. The van der Waals surface area contributed by atoms with E-state index in [0.717, 1.165) is 53.5 Å². The van der Waals surface area contributed by atoms with Crippen molar-refractivity contribution in [2.45, 2.75) is 46.5 Å². The topological polar surface area (TPSA) is 48.6 Å². The molecule has 2 aromatic rings. The molecule has 0 atom stereocenters. The summed E-state index contributed by atoms with van der Waals surface area (Å²) >= 11 is 1.67. The standard InChI is InChI=1S/C22H27N3OS/c1-4-25(5-2)17-12-11-16(20(13-17)26-6-3)15-24-22-19(14-23)18-9-7-8-10-21(18)27-22/h11-13,15H,4-10H2,1-3H3/b24-15+. The molecule has 1 aliphatic carbocycles. The maximum atomic E-state index is 9.60. The highest BCUT2D eigenvalue weighted by atomic mass is 32.1. The van der Waals surface area contributed by atoms with E-state index in [-0.39, 0.29) is 0 Å². The molecule has 1 aromatic carbocycles. The third-order valence-corrected chi connectivity index (χ3v) is 6.21. The second-order valence-electron chi connectivity index (χ2n) is 6.59. The molecule has 0 saturated heterocycles. The summed E-state index contributed by atoms with van der Waals surface area (Å²) in [6, 6.07) is 8.63. The van der Waals surface area contributed by atoms with E-state index in [9.17, 15) is 5.26 Å². The normalized spacial score (nSPS) is 13.4. The monoisotopic (exact) mass is 381 g/mol. The van der Waals surface area contributed by atoms with Crippen LogP contribution in [0.3, 0.4) is 0 Å². The van der Waals surface area contributed by atoms with Crippen LogP contribution < -0.4 is 9.64 Å². The van der Waals surface area contributed by atoms with Crippen molar-refractivity contribution in [3.05, 3.63) is 39.8 Å². The minimum Gasteiger partial charge on any atom is -0.493 e. The number of nitrogens with zero attached hydrogens (tertiary/aromatic N) is 3. The average Bonchev–Trinajstić information content (AvgIpc) is 3.06. The Morgan fingerprint density at radius 3 is 2.70 bits per heavy atom. The molecule has 0 amide bonds. The molecule has 0 bridgehead atoms. The highest BCUT2D eigenvalue weighted by Crippen LogP contribution is 2.39. The lowest BCUT2D eigenvalue weighted by molar-refractivity contribution is 0.340. The van der Waals surface area contributed by atoms with Crippen LogP contribution in [-0.4, -0.2) is 25.9 Å². The molecule has 0 saturated carbocycles. The van der Waals surface area contributed by atoms with Crippen molar-refractivity contribution in [3.63, 3.8) is 0 Å². The minimum absolute atomic E-state index is 0.610. The summed E-state index contributed by atoms with van der Waals surface area (Å²) in [4.78, 5) is 8.32. The van der Waals surface area contributed by atoms with Gasteiger partial charge in [-0.25, -0.2) is 4.99 Å². The Balaban J connectivity index is 1.93. The van der Waals surface area contributed by atoms with Gasteiger partial charge in [0.2, 0.25) is 0 Å². The first-order valence-corrected chi connectivity index (χ1v) is 10.6. The Hall–Kier alpha value is -2.32. The fraction of sp³-hybridized carbons (Fsp3) is 0.455. The number of ether oxygens (including phenoxy) is 1. The first-order chi connectivity index (χ1) is 13.2. The summed E-state index contributed by atoms with van der Waals surface area (Å²) in [7, 11) is 0. The average molecular weight is 382 g/mol. The highest BCUT2D eigenvalue weighted by molar-refractivity contribution is 7.16. The minimum atomic E-state index is 0.610. The Labute approximate surface area is 166 Å². The molecule has 0 unspecified atom stereocenters. The van der Waals surface area contributed by atoms with Gasteiger partial charge < -0.3 is 9.64 Å². The van der Waals surface area contributed by atoms with Crippen molar-refractivity contribution < 1.29 is 4.74 Å². The van der Waals surface area contributed by atoms with Gasteiger partial charge in [-0.1, -0.05) is 0 Å². The van der Waals surface area contributed by atoms with Crippen LogP contribution >= 0.6 is 11.3 Å². The van der Waals surface area contributed by atoms with Crippen LogP contribution in [0.25, 0.3) is 0 Å². The molecule has 0 aliphatic heterocycles. The predicted molar refractivity (Wildman–Crippen MR) is 114 cm³/mol. The van der Waals surface area contributed by atoms with E-state index in [1.807, 2.05) is 13.1 Å². The Bertz CT molecular complexity index is 859. The molecule has 0 radical (unpaired) electrons. The number of thiophene rings is 1. The number of nitriles is 1. The molecule has 0 N–H and O–H groups in total. The fourth-order valence-electron chi connectivity index (χ4n) is 3.58. The predicted octanol–water partition coefficient (Wildman–Crippen LogP) is 5.49. The number of fused-ring (bicyclic) bond motifs is 1. The molecule has 0 spiro atoms. The molecule has 4 nitrogen and oxygen atoms in total. The molecule has 1 aliphatic rings. The van der Waals surface area contributed by atoms with E-state index in [1.165, 1.54) is 23.3 Å². The summed E-state index contributed by atoms with van der Waals surface area (Å²) in [5.41, 5.74) is 4.10. The number of hydrogen-bond acceptors (Lipinski definition) is 5. The third-order valence-electron chi connectivity index (χ3n) is 5.01. The molecular formula is C22H27N3OS. The lowest BCUT2D eigenvalue weighted by Gasteiger charge is -2.22. The number of aliphatic imine (C=N–C) groups is 1. The zero-order chi connectivity index (χ0) is 19.2. The van der Waals surface area contributed by atoms with Crippen LogP contribution in [-0.2, 0) is 12.8 Å². The maximum absolute atomic E-state index is 9.60. The van der Waals surface area contributed by atoms with E-state index in [2.05, 4.69) is 48.0 Å². The smallest absolute Gasteiger partial charge is 0.134 e. The summed E-state index contributed by atoms with van der Waals surface area (Å²) in [5.74, 6) is 0.838. The summed E-state index contributed by atoms with van der Waals surface area (Å²) in [6.07, 6.45) is 6.31. The fourth-order valence-corrected chi connectivity index (χ4v) is 4.76. The van der Waals surface area contributed by atoms with Gasteiger partial charge in [-0.3, -0.25) is 0 Å². The van der Waals surface area contributed by atoms with Gasteiger partial charge in [0, 0.05) is 41.5 Å². The van der Waals surface area contributed by atoms with Crippen LogP contribution in [0, 0.1) is 11.3 Å². The van der Waals surface area contributed by atoms with Gasteiger partial charge in [0.05, 0.1) is 12.2 Å². The summed E-state index contributed by atoms with van der Waals surface area (Å²) in [6.45, 7) is 8.83. The second kappa shape index (κ2) is 9.05. The molecular weight excluding hydrogens is 354 g/mol. The summed E-state index contributed by atoms with van der Waals surface area (Å²) in [5, 5.41) is 10.4. The largest absolute Gasteiger partial charge is 0.493 e. The van der Waals surface area contributed by atoms with Crippen LogP contribution in [0.1, 0.15) is 55.2 Å². The number of hydrogen-bond donors (Lipinski definition) is 0. The van der Waals surface area contributed by atoms with Crippen LogP contribution in [0.4, 0.5) is 10.7 Å². The molecule has 142 valence electrons. The van der Waals surface area contributed by atoms with Gasteiger partial charge in [-0.2, -0.15) is 5.26 Å². The van der Waals surface area contributed by atoms with E-state index < -0.39 is 0 Å². The quantitative estimate of drug-likeness (QED) is 0.596. The van der Waals surface area contributed by atoms with Crippen molar-refractivity contribution in [3.8, 4) is 11.8 Å². The summed E-state index contributed by atoms with van der Waals surface area (Å²) < 4.78 is 5.86. The van der Waals surface area contributed by atoms with Gasteiger partial charge in [0.25, 0.3) is 0 Å². The first-order valence-electron chi connectivity index (χ1n) is 9.82. The van der Waals surface area contributed by atoms with E-state index in [0.29, 0.717) is 6.61 Å². The highest BCUT2D eigenvalue weighted by Gasteiger charge is 2.20. The van der Waals surface area contributed by atoms with Gasteiger partial charge in [-0.05, 0) is 64.2 Å². The Morgan fingerprint density at radius 1 is 1.22 bits per heavy atom. The number of aryl methyl sites for hydroxylation is 1. The number of anilines is 1.